The number of aromatic nitrogens is 2. The Morgan fingerprint density at radius 2 is 2.50 bits per heavy atom. The summed E-state index contributed by atoms with van der Waals surface area (Å²) in [5.74, 6) is 0.537. The van der Waals surface area contributed by atoms with E-state index in [-0.39, 0.29) is 0 Å². The third-order valence-electron chi connectivity index (χ3n) is 3.34. The van der Waals surface area contributed by atoms with E-state index >= 15 is 0 Å². The molecule has 16 heavy (non-hydrogen) atoms. The van der Waals surface area contributed by atoms with Crippen LogP contribution in [-0.2, 0) is 11.8 Å². The first kappa shape index (κ1) is 11.6. The van der Waals surface area contributed by atoms with Crippen molar-refractivity contribution in [1.82, 2.24) is 15.1 Å². The second kappa shape index (κ2) is 4.97. The van der Waals surface area contributed by atoms with Crippen LogP contribution in [0.3, 0.4) is 0 Å². The van der Waals surface area contributed by atoms with Crippen LogP contribution in [0.1, 0.15) is 32.0 Å². The molecule has 1 aliphatic heterocycles. The van der Waals surface area contributed by atoms with Crippen LogP contribution in [-0.4, -0.2) is 29.0 Å². The van der Waals surface area contributed by atoms with E-state index in [1.165, 1.54) is 0 Å². The summed E-state index contributed by atoms with van der Waals surface area (Å²) in [6.07, 6.45) is 3.45. The van der Waals surface area contributed by atoms with Gasteiger partial charge in [0, 0.05) is 25.8 Å². The van der Waals surface area contributed by atoms with Gasteiger partial charge in [-0.1, -0.05) is 6.92 Å². The van der Waals surface area contributed by atoms with Crippen molar-refractivity contribution >= 4 is 0 Å². The molecule has 1 N–H and O–H groups in total. The molecule has 0 bridgehead atoms. The molecule has 1 aromatic rings. The first-order chi connectivity index (χ1) is 7.72. The molecule has 3 atom stereocenters. The van der Waals surface area contributed by atoms with Gasteiger partial charge < -0.3 is 10.1 Å². The highest BCUT2D eigenvalue weighted by molar-refractivity contribution is 5.08. The summed E-state index contributed by atoms with van der Waals surface area (Å²) < 4.78 is 7.51. The Kier molecular flexibility index (Phi) is 3.61. The molecule has 3 unspecified atom stereocenters. The minimum Gasteiger partial charge on any atom is -0.378 e. The lowest BCUT2D eigenvalue weighted by atomic mass is 9.91. The van der Waals surface area contributed by atoms with Crippen LogP contribution < -0.4 is 5.32 Å². The van der Waals surface area contributed by atoms with Crippen LogP contribution in [0, 0.1) is 5.92 Å². The molecule has 0 radical (unpaired) electrons. The average molecular weight is 223 g/mol. The molecule has 0 saturated carbocycles. The van der Waals surface area contributed by atoms with Gasteiger partial charge in [0.25, 0.3) is 0 Å². The van der Waals surface area contributed by atoms with E-state index < -0.39 is 0 Å². The standard InChI is InChI=1S/C12H21N3O/c1-4-13-12(10-6-8-16-9(10)2)11-5-7-15(3)14-11/h5,7,9-10,12-13H,4,6,8H2,1-3H3. The van der Waals surface area contributed by atoms with Crippen LogP contribution >= 0.6 is 0 Å². The molecule has 1 saturated heterocycles. The Morgan fingerprint density at radius 1 is 1.69 bits per heavy atom. The van der Waals surface area contributed by atoms with Crippen molar-refractivity contribution < 1.29 is 4.74 Å². The van der Waals surface area contributed by atoms with Crippen LogP contribution in [0.5, 0.6) is 0 Å². The van der Waals surface area contributed by atoms with Crippen LogP contribution in [0.4, 0.5) is 0 Å². The summed E-state index contributed by atoms with van der Waals surface area (Å²) in [6.45, 7) is 6.13. The van der Waals surface area contributed by atoms with Gasteiger partial charge in [-0.05, 0) is 26.0 Å². The van der Waals surface area contributed by atoms with E-state index in [2.05, 4.69) is 30.3 Å². The average Bonchev–Trinajstić information content (AvgIpc) is 2.84. The second-order valence-electron chi connectivity index (χ2n) is 4.48. The predicted molar refractivity (Wildman–Crippen MR) is 63.1 cm³/mol. The van der Waals surface area contributed by atoms with Gasteiger partial charge in [-0.15, -0.1) is 0 Å². The van der Waals surface area contributed by atoms with Crippen molar-refractivity contribution in [1.29, 1.82) is 0 Å². The highest BCUT2D eigenvalue weighted by Crippen LogP contribution is 2.32. The lowest BCUT2D eigenvalue weighted by Crippen LogP contribution is -2.32. The quantitative estimate of drug-likeness (QED) is 0.840. The smallest absolute Gasteiger partial charge is 0.0797 e. The van der Waals surface area contributed by atoms with Gasteiger partial charge in [0.15, 0.2) is 0 Å². The Balaban J connectivity index is 2.16. The predicted octanol–water partition coefficient (Wildman–Crippen LogP) is 1.50. The number of nitrogens with one attached hydrogen (secondary N) is 1. The lowest BCUT2D eigenvalue weighted by molar-refractivity contribution is 0.0950. The van der Waals surface area contributed by atoms with E-state index in [9.17, 15) is 0 Å². The number of hydrogen-bond donors (Lipinski definition) is 1. The monoisotopic (exact) mass is 223 g/mol. The summed E-state index contributed by atoms with van der Waals surface area (Å²) >= 11 is 0. The zero-order chi connectivity index (χ0) is 11.5. The molecule has 90 valence electrons. The van der Waals surface area contributed by atoms with Crippen molar-refractivity contribution in [2.75, 3.05) is 13.2 Å². The van der Waals surface area contributed by atoms with E-state index in [1.807, 2.05) is 17.9 Å². The molecule has 4 heteroatoms. The molecule has 4 nitrogen and oxygen atoms in total. The first-order valence-electron chi connectivity index (χ1n) is 6.07. The van der Waals surface area contributed by atoms with Crippen LogP contribution in [0.2, 0.25) is 0 Å². The fourth-order valence-electron chi connectivity index (χ4n) is 2.48. The highest BCUT2D eigenvalue weighted by Gasteiger charge is 2.33. The molecule has 0 spiro atoms. The Bertz CT molecular complexity index is 337. The zero-order valence-electron chi connectivity index (χ0n) is 10.3. The third-order valence-corrected chi connectivity index (χ3v) is 3.34. The Hall–Kier alpha value is -0.870. The van der Waals surface area contributed by atoms with Crippen molar-refractivity contribution in [3.05, 3.63) is 18.0 Å². The molecule has 2 rings (SSSR count). The Morgan fingerprint density at radius 3 is 3.00 bits per heavy atom. The van der Waals surface area contributed by atoms with Crippen LogP contribution in [0.15, 0.2) is 12.3 Å². The van der Waals surface area contributed by atoms with Gasteiger partial charge in [0.05, 0.1) is 17.8 Å². The maximum Gasteiger partial charge on any atom is 0.0797 e. The van der Waals surface area contributed by atoms with Crippen LogP contribution in [0.25, 0.3) is 0 Å². The number of aryl methyl sites for hydroxylation is 1. The number of ether oxygens (including phenoxy) is 1. The summed E-state index contributed by atoms with van der Waals surface area (Å²) in [4.78, 5) is 0. The minimum atomic E-state index is 0.323. The largest absolute Gasteiger partial charge is 0.378 e. The maximum atomic E-state index is 5.65. The van der Waals surface area contributed by atoms with Gasteiger partial charge in [0.2, 0.25) is 0 Å². The topological polar surface area (TPSA) is 39.1 Å². The molecular weight excluding hydrogens is 202 g/mol. The number of nitrogens with zero attached hydrogens (tertiary/aromatic N) is 2. The van der Waals surface area contributed by atoms with Crippen molar-refractivity contribution in [2.24, 2.45) is 13.0 Å². The fourth-order valence-corrected chi connectivity index (χ4v) is 2.48. The van der Waals surface area contributed by atoms with Gasteiger partial charge in [0.1, 0.15) is 0 Å². The van der Waals surface area contributed by atoms with E-state index in [0.717, 1.165) is 25.3 Å². The molecule has 1 aromatic heterocycles. The number of rotatable bonds is 4. The van der Waals surface area contributed by atoms with Gasteiger partial charge in [-0.3, -0.25) is 4.68 Å². The van der Waals surface area contributed by atoms with E-state index in [0.29, 0.717) is 18.1 Å². The molecule has 0 aromatic carbocycles. The minimum absolute atomic E-state index is 0.323. The van der Waals surface area contributed by atoms with Gasteiger partial charge >= 0.3 is 0 Å². The molecule has 1 aliphatic rings. The molecule has 2 heterocycles. The molecule has 0 aliphatic carbocycles. The summed E-state index contributed by atoms with van der Waals surface area (Å²) in [7, 11) is 1.96. The van der Waals surface area contributed by atoms with Crippen molar-refractivity contribution in [2.45, 2.75) is 32.4 Å². The van der Waals surface area contributed by atoms with Gasteiger partial charge in [-0.25, -0.2) is 0 Å². The fraction of sp³-hybridized carbons (Fsp3) is 0.750. The molecule has 0 amide bonds. The van der Waals surface area contributed by atoms with Crippen molar-refractivity contribution in [3.8, 4) is 0 Å². The molecule has 1 fully saturated rings. The van der Waals surface area contributed by atoms with E-state index in [4.69, 9.17) is 4.74 Å². The lowest BCUT2D eigenvalue weighted by Gasteiger charge is -2.25. The van der Waals surface area contributed by atoms with E-state index in [1.54, 1.807) is 0 Å². The summed E-state index contributed by atoms with van der Waals surface area (Å²) in [5, 5.41) is 8.04. The molecular formula is C12H21N3O. The highest BCUT2D eigenvalue weighted by atomic mass is 16.5. The van der Waals surface area contributed by atoms with Gasteiger partial charge in [-0.2, -0.15) is 5.10 Å². The third kappa shape index (κ3) is 2.28. The maximum absolute atomic E-state index is 5.65. The first-order valence-corrected chi connectivity index (χ1v) is 6.07. The van der Waals surface area contributed by atoms with Crippen molar-refractivity contribution in [3.63, 3.8) is 0 Å². The summed E-state index contributed by atoms with van der Waals surface area (Å²) in [5.41, 5.74) is 1.13. The number of hydrogen-bond acceptors (Lipinski definition) is 3. The zero-order valence-corrected chi connectivity index (χ0v) is 10.3. The SMILES string of the molecule is CCNC(c1ccn(C)n1)C1CCOC1C. The second-order valence-corrected chi connectivity index (χ2v) is 4.48. The summed E-state index contributed by atoms with van der Waals surface area (Å²) in [6, 6.07) is 2.42. The normalized spacial score (nSPS) is 27.2. The Labute approximate surface area is 97.0 Å².